The van der Waals surface area contributed by atoms with Crippen LogP contribution in [0.1, 0.15) is 104 Å². The fourth-order valence-electron chi connectivity index (χ4n) is 2.48. The Bertz CT molecular complexity index is 861. The first-order valence-electron chi connectivity index (χ1n) is 12.7. The van der Waals surface area contributed by atoms with Crippen molar-refractivity contribution in [3.8, 4) is 5.75 Å². The molecule has 0 aliphatic rings. The van der Waals surface area contributed by atoms with E-state index in [1.54, 1.807) is 24.3 Å². The average molecular weight is 495 g/mol. The van der Waals surface area contributed by atoms with Gasteiger partial charge in [-0.3, -0.25) is 0 Å². The first-order valence-corrected chi connectivity index (χ1v) is 14.1. The molecule has 0 atom stereocenters. The number of allylic oxidation sites excluding steroid dienone is 2. The molecule has 2 rings (SSSR count). The SMILES string of the molecule is CC.CC.CC.CC.CC=C(C)C.Cc1c(C)c(C)c(S(=O)(=O)Oc2ccccc2)c(C)c1C. The topological polar surface area (TPSA) is 43.4 Å². The van der Waals surface area contributed by atoms with Crippen molar-refractivity contribution in [1.82, 2.24) is 0 Å². The van der Waals surface area contributed by atoms with Gasteiger partial charge in [0, 0.05) is 0 Å². The van der Waals surface area contributed by atoms with Crippen molar-refractivity contribution < 1.29 is 12.6 Å². The smallest absolute Gasteiger partial charge is 0.339 e. The summed E-state index contributed by atoms with van der Waals surface area (Å²) in [6.07, 6.45) is 2.08. The summed E-state index contributed by atoms with van der Waals surface area (Å²) in [4.78, 5) is 0.284. The van der Waals surface area contributed by atoms with Gasteiger partial charge in [-0.1, -0.05) is 85.2 Å². The van der Waals surface area contributed by atoms with Crippen molar-refractivity contribution in [3.05, 3.63) is 69.8 Å². The fourth-order valence-corrected chi connectivity index (χ4v) is 3.99. The van der Waals surface area contributed by atoms with E-state index < -0.39 is 10.1 Å². The van der Waals surface area contributed by atoms with E-state index in [1.165, 1.54) is 5.57 Å². The third kappa shape index (κ3) is 13.6. The number of benzene rings is 2. The monoisotopic (exact) mass is 494 g/mol. The molecule has 0 fully saturated rings. The molecule has 0 saturated carbocycles. The summed E-state index contributed by atoms with van der Waals surface area (Å²) in [5.41, 5.74) is 6.01. The maximum absolute atomic E-state index is 12.6. The Hall–Kier alpha value is -2.07. The molecule has 0 aliphatic heterocycles. The Labute approximate surface area is 213 Å². The maximum atomic E-state index is 12.6. The molecule has 4 heteroatoms. The Kier molecular flexibility index (Phi) is 26.2. The second kappa shape index (κ2) is 22.7. The maximum Gasteiger partial charge on any atom is 0.339 e. The van der Waals surface area contributed by atoms with E-state index in [1.807, 2.05) is 103 Å². The van der Waals surface area contributed by atoms with E-state index in [-0.39, 0.29) is 4.90 Å². The van der Waals surface area contributed by atoms with Crippen LogP contribution in [-0.2, 0) is 10.1 Å². The molecule has 0 unspecified atom stereocenters. The molecule has 3 nitrogen and oxygen atoms in total. The van der Waals surface area contributed by atoms with Crippen LogP contribution in [0.15, 0.2) is 46.9 Å². The van der Waals surface area contributed by atoms with E-state index >= 15 is 0 Å². The Morgan fingerprint density at radius 1 is 0.647 bits per heavy atom. The van der Waals surface area contributed by atoms with E-state index in [9.17, 15) is 8.42 Å². The largest absolute Gasteiger partial charge is 0.379 e. The van der Waals surface area contributed by atoms with Crippen LogP contribution in [0.5, 0.6) is 5.75 Å². The second-order valence-corrected chi connectivity index (χ2v) is 8.15. The number of hydrogen-bond acceptors (Lipinski definition) is 3. The molecule has 0 heterocycles. The van der Waals surface area contributed by atoms with E-state index in [0.29, 0.717) is 5.75 Å². The first kappa shape index (κ1) is 39.2. The van der Waals surface area contributed by atoms with Gasteiger partial charge >= 0.3 is 10.1 Å². The standard InChI is InChI=1S/C17H20O3S.C5H10.4C2H6/c1-11-12(2)14(4)17(15(5)13(11)3)21(18,19)20-16-9-7-6-8-10-16;1-4-5(2)3;4*1-2/h6-10H,1-5H3;4H,1-3H3;4*1-2H3. The highest BCUT2D eigenvalue weighted by Crippen LogP contribution is 2.31. The number of hydrogen-bond donors (Lipinski definition) is 0. The minimum atomic E-state index is -3.84. The van der Waals surface area contributed by atoms with Gasteiger partial charge in [0.1, 0.15) is 10.6 Å². The van der Waals surface area contributed by atoms with Crippen LogP contribution in [0.4, 0.5) is 0 Å². The quantitative estimate of drug-likeness (QED) is 0.315. The number of para-hydroxylation sites is 1. The number of rotatable bonds is 3. The summed E-state index contributed by atoms with van der Waals surface area (Å²) in [5.74, 6) is 0.326. The van der Waals surface area contributed by atoms with Crippen LogP contribution in [-0.4, -0.2) is 8.42 Å². The van der Waals surface area contributed by atoms with Gasteiger partial charge in [-0.05, 0) is 95.3 Å². The van der Waals surface area contributed by atoms with Gasteiger partial charge < -0.3 is 4.18 Å². The highest BCUT2D eigenvalue weighted by atomic mass is 32.2. The van der Waals surface area contributed by atoms with Crippen LogP contribution < -0.4 is 4.18 Å². The zero-order valence-corrected chi connectivity index (χ0v) is 25.9. The first-order chi connectivity index (χ1) is 16.0. The van der Waals surface area contributed by atoms with Crippen LogP contribution in [0.3, 0.4) is 0 Å². The van der Waals surface area contributed by atoms with Crippen molar-refractivity contribution in [2.75, 3.05) is 0 Å². The Morgan fingerprint density at radius 3 is 1.24 bits per heavy atom. The molecule has 34 heavy (non-hydrogen) atoms. The molecule has 2 aromatic carbocycles. The van der Waals surface area contributed by atoms with Gasteiger partial charge in [0.25, 0.3) is 0 Å². The molecule has 0 saturated heterocycles. The van der Waals surface area contributed by atoms with Gasteiger partial charge in [-0.25, -0.2) is 0 Å². The summed E-state index contributed by atoms with van der Waals surface area (Å²) >= 11 is 0. The lowest BCUT2D eigenvalue weighted by Crippen LogP contribution is -2.15. The lowest BCUT2D eigenvalue weighted by molar-refractivity contribution is 0.484. The molecular weight excluding hydrogens is 440 g/mol. The van der Waals surface area contributed by atoms with Crippen LogP contribution in [0.25, 0.3) is 0 Å². The summed E-state index contributed by atoms with van der Waals surface area (Å²) in [7, 11) is -3.84. The van der Waals surface area contributed by atoms with Crippen molar-refractivity contribution in [3.63, 3.8) is 0 Å². The Balaban J connectivity index is -0.000000293. The summed E-state index contributed by atoms with van der Waals surface area (Å²) < 4.78 is 30.5. The summed E-state index contributed by atoms with van der Waals surface area (Å²) in [5, 5.41) is 0. The zero-order valence-electron chi connectivity index (χ0n) is 25.1. The van der Waals surface area contributed by atoms with Crippen LogP contribution in [0, 0.1) is 34.6 Å². The lowest BCUT2D eigenvalue weighted by atomic mass is 9.95. The van der Waals surface area contributed by atoms with Crippen molar-refractivity contribution >= 4 is 10.1 Å². The summed E-state index contributed by atoms with van der Waals surface area (Å²) in [6, 6.07) is 8.58. The third-order valence-corrected chi connectivity index (χ3v) is 6.23. The minimum Gasteiger partial charge on any atom is -0.379 e. The van der Waals surface area contributed by atoms with E-state index in [4.69, 9.17) is 4.18 Å². The normalized spacial score (nSPS) is 8.82. The third-order valence-electron chi connectivity index (χ3n) is 4.71. The highest BCUT2D eigenvalue weighted by Gasteiger charge is 2.25. The minimum absolute atomic E-state index is 0.284. The van der Waals surface area contributed by atoms with Crippen LogP contribution >= 0.6 is 0 Å². The molecule has 0 bridgehead atoms. The van der Waals surface area contributed by atoms with Gasteiger partial charge in [0.2, 0.25) is 0 Å². The van der Waals surface area contributed by atoms with Gasteiger partial charge in [-0.15, -0.1) is 0 Å². The van der Waals surface area contributed by atoms with Gasteiger partial charge in [0.05, 0.1) is 0 Å². The van der Waals surface area contributed by atoms with Crippen molar-refractivity contribution in [2.24, 2.45) is 0 Å². The predicted molar refractivity (Wildman–Crippen MR) is 155 cm³/mol. The van der Waals surface area contributed by atoms with E-state index in [0.717, 1.165) is 27.8 Å². The van der Waals surface area contributed by atoms with Crippen molar-refractivity contribution in [2.45, 2.75) is 116 Å². The molecule has 0 amide bonds. The predicted octanol–water partition coefficient (Wildman–Crippen LogP) is 10.1. The zero-order chi connectivity index (χ0) is 28.1. The van der Waals surface area contributed by atoms with Crippen LogP contribution in [0.2, 0.25) is 0 Å². The molecule has 0 aromatic heterocycles. The second-order valence-electron chi connectivity index (χ2n) is 6.67. The molecule has 0 spiro atoms. The van der Waals surface area contributed by atoms with E-state index in [2.05, 4.69) is 19.9 Å². The lowest BCUT2D eigenvalue weighted by Gasteiger charge is -2.18. The molecule has 0 radical (unpaired) electrons. The molecule has 2 aromatic rings. The Morgan fingerprint density at radius 2 is 0.941 bits per heavy atom. The molecule has 0 aliphatic carbocycles. The summed E-state index contributed by atoms with van der Waals surface area (Å²) in [6.45, 7) is 31.8. The molecule has 198 valence electrons. The van der Waals surface area contributed by atoms with Crippen molar-refractivity contribution in [1.29, 1.82) is 0 Å². The van der Waals surface area contributed by atoms with Gasteiger partial charge in [-0.2, -0.15) is 8.42 Å². The molecule has 0 N–H and O–H groups in total. The average Bonchev–Trinajstić information content (AvgIpc) is 2.87. The highest BCUT2D eigenvalue weighted by molar-refractivity contribution is 7.87. The fraction of sp³-hybridized carbons (Fsp3) is 0.533. The van der Waals surface area contributed by atoms with Gasteiger partial charge in [0.15, 0.2) is 0 Å². The molecular formula is C30H54O3S.